The molecule has 3 aromatic rings. The van der Waals surface area contributed by atoms with Crippen LogP contribution in [-0.4, -0.2) is 20.9 Å². The van der Waals surface area contributed by atoms with Crippen molar-refractivity contribution in [3.8, 4) is 5.75 Å². The molecule has 0 fully saturated rings. The Morgan fingerprint density at radius 2 is 1.69 bits per heavy atom. The molecule has 150 valence electrons. The summed E-state index contributed by atoms with van der Waals surface area (Å²) in [5.41, 5.74) is 2.29. The van der Waals surface area contributed by atoms with Gasteiger partial charge in [0.2, 0.25) is 0 Å². The minimum absolute atomic E-state index is 0.107. The van der Waals surface area contributed by atoms with Crippen LogP contribution in [0.1, 0.15) is 22.8 Å². The van der Waals surface area contributed by atoms with Gasteiger partial charge < -0.3 is 10.1 Å². The fourth-order valence-electron chi connectivity index (χ4n) is 2.73. The third-order valence-electron chi connectivity index (χ3n) is 4.22. The molecule has 3 aromatic carbocycles. The molecule has 0 aliphatic rings. The lowest BCUT2D eigenvalue weighted by Crippen LogP contribution is -2.15. The maximum atomic E-state index is 12.6. The van der Waals surface area contributed by atoms with Crippen molar-refractivity contribution in [1.82, 2.24) is 0 Å². The van der Waals surface area contributed by atoms with E-state index >= 15 is 0 Å². The Hall–Kier alpha value is -3.32. The second-order valence-electron chi connectivity index (χ2n) is 6.36. The van der Waals surface area contributed by atoms with Gasteiger partial charge in [-0.1, -0.05) is 24.3 Å². The number of hydrogen-bond donors (Lipinski definition) is 2. The third-order valence-corrected chi connectivity index (χ3v) is 5.61. The predicted octanol–water partition coefficient (Wildman–Crippen LogP) is 4.45. The van der Waals surface area contributed by atoms with Gasteiger partial charge in [0, 0.05) is 16.9 Å². The van der Waals surface area contributed by atoms with Gasteiger partial charge in [-0.15, -0.1) is 0 Å². The monoisotopic (exact) mass is 410 g/mol. The number of benzene rings is 3. The first-order valence-electron chi connectivity index (χ1n) is 9.12. The van der Waals surface area contributed by atoms with Crippen molar-refractivity contribution in [2.45, 2.75) is 18.7 Å². The molecule has 2 N–H and O–H groups in total. The van der Waals surface area contributed by atoms with E-state index in [0.29, 0.717) is 29.3 Å². The summed E-state index contributed by atoms with van der Waals surface area (Å²) >= 11 is 0. The molecule has 0 atom stereocenters. The number of sulfonamides is 1. The average Bonchev–Trinajstić information content (AvgIpc) is 2.70. The van der Waals surface area contributed by atoms with Crippen LogP contribution in [0.3, 0.4) is 0 Å². The highest BCUT2D eigenvalue weighted by molar-refractivity contribution is 7.92. The Morgan fingerprint density at radius 1 is 0.966 bits per heavy atom. The van der Waals surface area contributed by atoms with E-state index in [2.05, 4.69) is 10.0 Å². The van der Waals surface area contributed by atoms with Crippen LogP contribution >= 0.6 is 0 Å². The molecule has 6 nitrogen and oxygen atoms in total. The summed E-state index contributed by atoms with van der Waals surface area (Å²) in [7, 11) is -3.79. The van der Waals surface area contributed by atoms with Crippen molar-refractivity contribution in [1.29, 1.82) is 0 Å². The molecule has 0 saturated carbocycles. The van der Waals surface area contributed by atoms with Crippen LogP contribution in [0, 0.1) is 6.92 Å². The number of hydrogen-bond acceptors (Lipinski definition) is 4. The summed E-state index contributed by atoms with van der Waals surface area (Å²) in [4.78, 5) is 12.7. The highest BCUT2D eigenvalue weighted by Gasteiger charge is 2.15. The van der Waals surface area contributed by atoms with E-state index in [9.17, 15) is 13.2 Å². The molecule has 0 heterocycles. The molecular formula is C22H22N2O4S. The summed E-state index contributed by atoms with van der Waals surface area (Å²) in [6.45, 7) is 4.26. The lowest BCUT2D eigenvalue weighted by atomic mass is 10.1. The Kier molecular flexibility index (Phi) is 6.19. The normalized spacial score (nSPS) is 11.0. The zero-order chi connectivity index (χ0) is 20.9. The number of carbonyl (C=O) groups is 1. The number of carbonyl (C=O) groups excluding carboxylic acids is 1. The molecule has 29 heavy (non-hydrogen) atoms. The molecule has 0 unspecified atom stereocenters. The largest absolute Gasteiger partial charge is 0.494 e. The molecule has 0 aliphatic carbocycles. The van der Waals surface area contributed by atoms with Crippen molar-refractivity contribution in [2.24, 2.45) is 0 Å². The summed E-state index contributed by atoms with van der Waals surface area (Å²) in [6, 6.07) is 19.9. The van der Waals surface area contributed by atoms with Crippen LogP contribution in [0.2, 0.25) is 0 Å². The van der Waals surface area contributed by atoms with Gasteiger partial charge in [0.1, 0.15) is 5.75 Å². The highest BCUT2D eigenvalue weighted by Crippen LogP contribution is 2.21. The smallest absolute Gasteiger partial charge is 0.261 e. The van der Waals surface area contributed by atoms with Crippen LogP contribution in [-0.2, 0) is 10.0 Å². The second-order valence-corrected chi connectivity index (χ2v) is 8.04. The van der Waals surface area contributed by atoms with Crippen LogP contribution < -0.4 is 14.8 Å². The van der Waals surface area contributed by atoms with Gasteiger partial charge in [0.25, 0.3) is 15.9 Å². The summed E-state index contributed by atoms with van der Waals surface area (Å²) < 4.78 is 33.1. The first-order valence-corrected chi connectivity index (χ1v) is 10.6. The lowest BCUT2D eigenvalue weighted by molar-refractivity contribution is 0.102. The average molecular weight is 410 g/mol. The number of rotatable bonds is 7. The Labute approximate surface area is 170 Å². The second kappa shape index (κ2) is 8.79. The summed E-state index contributed by atoms with van der Waals surface area (Å²) in [6.07, 6.45) is 0. The minimum atomic E-state index is -3.79. The van der Waals surface area contributed by atoms with Crippen LogP contribution in [0.25, 0.3) is 0 Å². The molecule has 0 spiro atoms. The number of ether oxygens (including phenoxy) is 1. The fourth-order valence-corrected chi connectivity index (χ4v) is 3.78. The zero-order valence-electron chi connectivity index (χ0n) is 16.2. The Morgan fingerprint density at radius 3 is 2.38 bits per heavy atom. The van der Waals surface area contributed by atoms with Gasteiger partial charge in [-0.05, 0) is 67.9 Å². The highest BCUT2D eigenvalue weighted by atomic mass is 32.2. The van der Waals surface area contributed by atoms with Gasteiger partial charge in [0.05, 0.1) is 11.5 Å². The number of amides is 1. The molecule has 1 amide bonds. The molecule has 3 rings (SSSR count). The standard InChI is InChI=1S/C22H22N2O4S/c1-3-28-19-11-13-20(14-12-19)29(26,27)24-18-9-6-8-17(15-18)22(25)23-21-10-5-4-7-16(21)2/h4-15,24H,3H2,1-2H3,(H,23,25). The van der Waals surface area contributed by atoms with Crippen LogP contribution in [0.15, 0.2) is 77.7 Å². The number of anilines is 2. The van der Waals surface area contributed by atoms with Gasteiger partial charge in [-0.2, -0.15) is 0 Å². The first-order chi connectivity index (χ1) is 13.9. The van der Waals surface area contributed by atoms with Gasteiger partial charge in [-0.25, -0.2) is 8.42 Å². The quantitative estimate of drug-likeness (QED) is 0.603. The van der Waals surface area contributed by atoms with Crippen LogP contribution in [0.5, 0.6) is 5.75 Å². The zero-order valence-corrected chi connectivity index (χ0v) is 17.0. The van der Waals surface area contributed by atoms with Crippen molar-refractivity contribution < 1.29 is 17.9 Å². The fraction of sp³-hybridized carbons (Fsp3) is 0.136. The van der Waals surface area contributed by atoms with Gasteiger partial charge in [0.15, 0.2) is 0 Å². The van der Waals surface area contributed by atoms with E-state index < -0.39 is 10.0 Å². The molecule has 0 aliphatic heterocycles. The molecule has 7 heteroatoms. The SMILES string of the molecule is CCOc1ccc(S(=O)(=O)Nc2cccc(C(=O)Nc3ccccc3C)c2)cc1. The predicted molar refractivity (Wildman–Crippen MR) is 114 cm³/mol. The van der Waals surface area contributed by atoms with Crippen LogP contribution in [0.4, 0.5) is 11.4 Å². The van der Waals surface area contributed by atoms with E-state index in [1.807, 2.05) is 38.1 Å². The van der Waals surface area contributed by atoms with Gasteiger partial charge >= 0.3 is 0 Å². The van der Waals surface area contributed by atoms with E-state index in [1.54, 1.807) is 30.3 Å². The topological polar surface area (TPSA) is 84.5 Å². The summed E-state index contributed by atoms with van der Waals surface area (Å²) in [5, 5.41) is 2.84. The van der Waals surface area contributed by atoms with E-state index in [-0.39, 0.29) is 10.8 Å². The number of nitrogens with one attached hydrogen (secondary N) is 2. The third kappa shape index (κ3) is 5.14. The van der Waals surface area contributed by atoms with Gasteiger partial charge in [-0.3, -0.25) is 9.52 Å². The molecule has 0 saturated heterocycles. The molecule has 0 aromatic heterocycles. The summed E-state index contributed by atoms with van der Waals surface area (Å²) in [5.74, 6) is 0.280. The Balaban J connectivity index is 1.76. The first kappa shape index (κ1) is 20.4. The van der Waals surface area contributed by atoms with Crippen molar-refractivity contribution in [3.63, 3.8) is 0 Å². The lowest BCUT2D eigenvalue weighted by Gasteiger charge is -2.11. The minimum Gasteiger partial charge on any atom is -0.494 e. The molecule has 0 bridgehead atoms. The maximum Gasteiger partial charge on any atom is 0.261 e. The van der Waals surface area contributed by atoms with E-state index in [4.69, 9.17) is 4.74 Å². The molecule has 0 radical (unpaired) electrons. The van der Waals surface area contributed by atoms with E-state index in [0.717, 1.165) is 5.56 Å². The molecular weight excluding hydrogens is 388 g/mol. The van der Waals surface area contributed by atoms with E-state index in [1.165, 1.54) is 18.2 Å². The van der Waals surface area contributed by atoms with Crippen molar-refractivity contribution in [3.05, 3.63) is 83.9 Å². The van der Waals surface area contributed by atoms with Crippen molar-refractivity contribution in [2.75, 3.05) is 16.6 Å². The van der Waals surface area contributed by atoms with Crippen molar-refractivity contribution >= 4 is 27.3 Å². The maximum absolute atomic E-state index is 12.6. The number of para-hydroxylation sites is 1. The number of aryl methyl sites for hydroxylation is 1. The Bertz CT molecular complexity index is 1110.